The number of rotatable bonds is 11. The highest BCUT2D eigenvalue weighted by Crippen LogP contribution is 2.38. The number of nitrogens with one attached hydrogen (secondary N) is 3. The average Bonchev–Trinajstić information content (AvgIpc) is 3.53. The van der Waals surface area contributed by atoms with Crippen LogP contribution in [0.25, 0.3) is 16.3 Å². The maximum Gasteiger partial charge on any atom is 0.272 e. The summed E-state index contributed by atoms with van der Waals surface area (Å²) >= 11 is 2.71. The first-order valence-corrected chi connectivity index (χ1v) is 16.5. The molecule has 6 rings (SSSR count). The number of hydrogen-bond acceptors (Lipinski definition) is 8. The number of carbonyl (C=O) groups excluding carboxylic acids is 3. The van der Waals surface area contributed by atoms with E-state index in [9.17, 15) is 14.4 Å². The van der Waals surface area contributed by atoms with E-state index in [4.69, 9.17) is 4.74 Å². The molecule has 48 heavy (non-hydrogen) atoms. The molecule has 1 unspecified atom stereocenters. The molecule has 3 amide bonds. The Kier molecular flexibility index (Phi) is 10.2. The van der Waals surface area contributed by atoms with Gasteiger partial charge in [-0.05, 0) is 71.8 Å². The Labute approximate surface area is 285 Å². The first-order chi connectivity index (χ1) is 23.4. The van der Waals surface area contributed by atoms with E-state index in [0.29, 0.717) is 27.7 Å². The van der Waals surface area contributed by atoms with E-state index in [1.807, 2.05) is 60.7 Å². The van der Waals surface area contributed by atoms with Crippen LogP contribution in [-0.2, 0) is 9.59 Å². The second-order valence-corrected chi connectivity index (χ2v) is 12.6. The summed E-state index contributed by atoms with van der Waals surface area (Å²) < 4.78 is 6.22. The number of pyridine rings is 1. The summed E-state index contributed by atoms with van der Waals surface area (Å²) in [5, 5.41) is 8.48. The second kappa shape index (κ2) is 15.2. The minimum Gasteiger partial charge on any atom is -0.497 e. The summed E-state index contributed by atoms with van der Waals surface area (Å²) in [7, 11) is 1.61. The molecule has 0 radical (unpaired) electrons. The molecule has 0 aliphatic heterocycles. The topological polar surface area (TPSA) is 122 Å². The van der Waals surface area contributed by atoms with E-state index in [1.54, 1.807) is 80.2 Å². The largest absolute Gasteiger partial charge is 0.497 e. The van der Waals surface area contributed by atoms with Crippen LogP contribution < -0.4 is 20.7 Å². The minimum absolute atomic E-state index is 0.0462. The number of hydrogen-bond donors (Lipinski definition) is 3. The Morgan fingerprint density at radius 1 is 0.854 bits per heavy atom. The quantitative estimate of drug-likeness (QED) is 0.0959. The molecule has 2 heterocycles. The molecule has 0 fully saturated rings. The van der Waals surface area contributed by atoms with Gasteiger partial charge in [-0.2, -0.15) is 0 Å². The molecule has 6 aromatic rings. The zero-order valence-corrected chi connectivity index (χ0v) is 27.3. The van der Waals surface area contributed by atoms with Crippen LogP contribution in [0, 0.1) is 0 Å². The number of thiazole rings is 1. The molecule has 2 aromatic heterocycles. The Morgan fingerprint density at radius 3 is 2.40 bits per heavy atom. The van der Waals surface area contributed by atoms with Gasteiger partial charge in [-0.25, -0.2) is 4.98 Å². The number of benzene rings is 4. The van der Waals surface area contributed by atoms with Crippen molar-refractivity contribution in [2.24, 2.45) is 0 Å². The molecular formula is C37H29N5O4S2. The van der Waals surface area contributed by atoms with E-state index in [0.717, 1.165) is 20.7 Å². The standard InChI is InChI=1S/C37H29N5O4S2/c1-46-28-17-18-30-32(22-28)48-37(41-30)42-36(45)33(25-11-4-2-5-12-25)47-29-16-8-15-27(21-29)39-35(44)31(20-24-10-9-19-38-23-24)40-34(43)26-13-6-3-7-14-26/h2-23,33H,1H3,(H,39,44)(H,40,43)(H,41,42,45)/b31-20-. The molecule has 3 N–H and O–H groups in total. The van der Waals surface area contributed by atoms with Crippen molar-refractivity contribution in [3.63, 3.8) is 0 Å². The molecule has 4 aromatic carbocycles. The van der Waals surface area contributed by atoms with Crippen molar-refractivity contribution in [1.29, 1.82) is 0 Å². The fourth-order valence-corrected chi connectivity index (χ4v) is 6.69. The highest BCUT2D eigenvalue weighted by Gasteiger charge is 2.24. The third-order valence-electron chi connectivity index (χ3n) is 7.04. The van der Waals surface area contributed by atoms with E-state index in [2.05, 4.69) is 25.9 Å². The van der Waals surface area contributed by atoms with Crippen LogP contribution in [0.1, 0.15) is 26.7 Å². The zero-order chi connectivity index (χ0) is 33.3. The van der Waals surface area contributed by atoms with Crippen molar-refractivity contribution in [3.05, 3.63) is 150 Å². The number of amides is 3. The fourth-order valence-electron chi connectivity index (χ4n) is 4.71. The first kappa shape index (κ1) is 32.2. The summed E-state index contributed by atoms with van der Waals surface area (Å²) in [6.45, 7) is 0. The lowest BCUT2D eigenvalue weighted by atomic mass is 10.1. The zero-order valence-electron chi connectivity index (χ0n) is 25.6. The summed E-state index contributed by atoms with van der Waals surface area (Å²) in [6.07, 6.45) is 4.79. The molecule has 0 aliphatic carbocycles. The van der Waals surface area contributed by atoms with Gasteiger partial charge < -0.3 is 20.7 Å². The van der Waals surface area contributed by atoms with Crippen LogP contribution in [0.4, 0.5) is 10.8 Å². The van der Waals surface area contributed by atoms with Gasteiger partial charge >= 0.3 is 0 Å². The number of ether oxygens (including phenoxy) is 1. The van der Waals surface area contributed by atoms with E-state index < -0.39 is 17.1 Å². The SMILES string of the molecule is COc1ccc2nc(NC(=O)C(Sc3cccc(NC(=O)/C(=C/c4cccnc4)NC(=O)c4ccccc4)c3)c3ccccc3)sc2c1. The summed E-state index contributed by atoms with van der Waals surface area (Å²) in [6, 6.07) is 34.4. The summed E-state index contributed by atoms with van der Waals surface area (Å²) in [5.41, 5.74) is 3.16. The number of anilines is 2. The van der Waals surface area contributed by atoms with Crippen LogP contribution in [0.2, 0.25) is 0 Å². The lowest BCUT2D eigenvalue weighted by molar-refractivity contribution is -0.116. The Balaban J connectivity index is 1.22. The van der Waals surface area contributed by atoms with Crippen LogP contribution in [0.15, 0.2) is 138 Å². The van der Waals surface area contributed by atoms with Gasteiger partial charge in [-0.1, -0.05) is 72.0 Å². The second-order valence-electron chi connectivity index (χ2n) is 10.4. The molecule has 0 aliphatic rings. The molecule has 0 saturated heterocycles. The van der Waals surface area contributed by atoms with Crippen molar-refractivity contribution in [3.8, 4) is 5.75 Å². The summed E-state index contributed by atoms with van der Waals surface area (Å²) in [4.78, 5) is 49.7. The Morgan fingerprint density at radius 2 is 1.65 bits per heavy atom. The van der Waals surface area contributed by atoms with Crippen LogP contribution >= 0.6 is 23.1 Å². The molecule has 1 atom stereocenters. The molecule has 238 valence electrons. The predicted octanol–water partition coefficient (Wildman–Crippen LogP) is 7.58. The lowest BCUT2D eigenvalue weighted by Crippen LogP contribution is -2.30. The maximum atomic E-state index is 13.8. The number of aromatic nitrogens is 2. The van der Waals surface area contributed by atoms with E-state index in [1.165, 1.54) is 23.1 Å². The third kappa shape index (κ3) is 8.13. The summed E-state index contributed by atoms with van der Waals surface area (Å²) in [5.74, 6) is -0.465. The molecule has 9 nitrogen and oxygen atoms in total. The predicted molar refractivity (Wildman–Crippen MR) is 191 cm³/mol. The normalized spacial score (nSPS) is 11.8. The number of fused-ring (bicyclic) bond motifs is 1. The number of methoxy groups -OCH3 is 1. The van der Waals surface area contributed by atoms with Crippen molar-refractivity contribution in [2.75, 3.05) is 17.7 Å². The van der Waals surface area contributed by atoms with Gasteiger partial charge in [0.2, 0.25) is 5.91 Å². The molecule has 0 spiro atoms. The monoisotopic (exact) mass is 671 g/mol. The smallest absolute Gasteiger partial charge is 0.272 e. The van der Waals surface area contributed by atoms with Crippen LogP contribution in [0.3, 0.4) is 0 Å². The minimum atomic E-state index is -0.620. The highest BCUT2D eigenvalue weighted by atomic mass is 32.2. The van der Waals surface area contributed by atoms with Crippen LogP contribution in [-0.4, -0.2) is 34.8 Å². The third-order valence-corrected chi connectivity index (χ3v) is 9.22. The van der Waals surface area contributed by atoms with Gasteiger partial charge in [-0.15, -0.1) is 11.8 Å². The molecule has 0 bridgehead atoms. The van der Waals surface area contributed by atoms with Gasteiger partial charge in [-0.3, -0.25) is 19.4 Å². The van der Waals surface area contributed by atoms with Crippen molar-refractivity contribution >= 4 is 67.9 Å². The Hall–Kier alpha value is -5.78. The number of nitrogens with zero attached hydrogens (tertiary/aromatic N) is 2. The maximum absolute atomic E-state index is 13.8. The molecular weight excluding hydrogens is 643 g/mol. The highest BCUT2D eigenvalue weighted by molar-refractivity contribution is 8.00. The number of thioether (sulfide) groups is 1. The van der Waals surface area contributed by atoms with Gasteiger partial charge in [0.05, 0.1) is 17.3 Å². The first-order valence-electron chi connectivity index (χ1n) is 14.8. The van der Waals surface area contributed by atoms with E-state index >= 15 is 0 Å². The van der Waals surface area contributed by atoms with Crippen molar-refractivity contribution in [2.45, 2.75) is 10.1 Å². The van der Waals surface area contributed by atoms with Crippen LogP contribution in [0.5, 0.6) is 5.75 Å². The number of carbonyl (C=O) groups is 3. The van der Waals surface area contributed by atoms with Gasteiger partial charge in [0.15, 0.2) is 5.13 Å². The van der Waals surface area contributed by atoms with E-state index in [-0.39, 0.29) is 11.6 Å². The molecule has 0 saturated carbocycles. The van der Waals surface area contributed by atoms with Gasteiger partial charge in [0, 0.05) is 28.5 Å². The fraction of sp³-hybridized carbons (Fsp3) is 0.0541. The Bertz CT molecular complexity index is 2090. The molecule has 11 heteroatoms. The van der Waals surface area contributed by atoms with Gasteiger partial charge in [0.1, 0.15) is 16.7 Å². The van der Waals surface area contributed by atoms with Crippen molar-refractivity contribution < 1.29 is 19.1 Å². The van der Waals surface area contributed by atoms with Crippen molar-refractivity contribution in [1.82, 2.24) is 15.3 Å². The van der Waals surface area contributed by atoms with Gasteiger partial charge in [0.25, 0.3) is 11.8 Å². The lowest BCUT2D eigenvalue weighted by Gasteiger charge is -2.17. The average molecular weight is 672 g/mol.